The molecule has 0 spiro atoms. The molecule has 3 nitrogen and oxygen atoms in total. The molecule has 1 unspecified atom stereocenters. The van der Waals surface area contributed by atoms with E-state index in [1.807, 2.05) is 25.1 Å². The second-order valence-corrected chi connectivity index (χ2v) is 7.87. The molecule has 0 amide bonds. The van der Waals surface area contributed by atoms with Crippen molar-refractivity contribution in [3.63, 3.8) is 0 Å². The summed E-state index contributed by atoms with van der Waals surface area (Å²) in [5, 5.41) is 4.05. The van der Waals surface area contributed by atoms with Crippen molar-refractivity contribution in [1.29, 1.82) is 0 Å². The number of halogens is 1. The summed E-state index contributed by atoms with van der Waals surface area (Å²) in [7, 11) is 0. The largest absolute Gasteiger partial charge is 0.494 e. The minimum absolute atomic E-state index is 0.339. The highest BCUT2D eigenvalue weighted by molar-refractivity contribution is 6.30. The number of nitrogens with one attached hydrogen (secondary N) is 1. The molecule has 0 bridgehead atoms. The van der Waals surface area contributed by atoms with Gasteiger partial charge in [0.1, 0.15) is 5.75 Å². The summed E-state index contributed by atoms with van der Waals surface area (Å²) in [6.45, 7) is 5.45. The van der Waals surface area contributed by atoms with Gasteiger partial charge in [0.25, 0.3) is 0 Å². The minimum Gasteiger partial charge on any atom is -0.494 e. The van der Waals surface area contributed by atoms with Gasteiger partial charge in [0.15, 0.2) is 0 Å². The van der Waals surface area contributed by atoms with Crippen LogP contribution < -0.4 is 15.8 Å². The van der Waals surface area contributed by atoms with Gasteiger partial charge < -0.3 is 15.8 Å². The fourth-order valence-corrected chi connectivity index (χ4v) is 4.23. The Bertz CT molecular complexity index is 1080. The molecule has 0 saturated heterocycles. The van der Waals surface area contributed by atoms with E-state index >= 15 is 0 Å². The van der Waals surface area contributed by atoms with E-state index in [0.717, 1.165) is 27.5 Å². The molecule has 4 rings (SSSR count). The highest BCUT2D eigenvalue weighted by Crippen LogP contribution is 2.40. The van der Waals surface area contributed by atoms with Gasteiger partial charge >= 0.3 is 0 Å². The van der Waals surface area contributed by atoms with Crippen LogP contribution in [0.1, 0.15) is 23.6 Å². The summed E-state index contributed by atoms with van der Waals surface area (Å²) in [5.41, 5.74) is 11.6. The molecule has 3 aromatic carbocycles. The zero-order chi connectivity index (χ0) is 20.4. The molecule has 1 heterocycles. The van der Waals surface area contributed by atoms with Crippen LogP contribution in [0.3, 0.4) is 0 Å². The van der Waals surface area contributed by atoms with Crippen LogP contribution in [0.15, 0.2) is 78.6 Å². The maximum atomic E-state index is 6.21. The van der Waals surface area contributed by atoms with Gasteiger partial charge in [0.05, 0.1) is 17.8 Å². The molecule has 1 aliphatic rings. The molecule has 0 aromatic heterocycles. The van der Waals surface area contributed by atoms with Crippen LogP contribution in [0.2, 0.25) is 5.02 Å². The first-order valence-corrected chi connectivity index (χ1v) is 10.2. The van der Waals surface area contributed by atoms with Crippen molar-refractivity contribution in [3.8, 4) is 16.9 Å². The number of benzene rings is 3. The summed E-state index contributed by atoms with van der Waals surface area (Å²) in [6, 6.07) is 22.9. The third-order valence-corrected chi connectivity index (χ3v) is 5.73. The Kier molecular flexibility index (Phi) is 5.25. The van der Waals surface area contributed by atoms with Crippen molar-refractivity contribution in [1.82, 2.24) is 5.32 Å². The van der Waals surface area contributed by atoms with Crippen LogP contribution in [0.25, 0.3) is 11.1 Å². The fraction of sp³-hybridized carbons (Fsp3) is 0.200. The van der Waals surface area contributed by atoms with Crippen LogP contribution in [-0.2, 0) is 5.41 Å². The Balaban J connectivity index is 1.83. The molecule has 29 heavy (non-hydrogen) atoms. The van der Waals surface area contributed by atoms with Crippen molar-refractivity contribution < 1.29 is 4.74 Å². The highest BCUT2D eigenvalue weighted by Gasteiger charge is 2.37. The van der Waals surface area contributed by atoms with E-state index < -0.39 is 0 Å². The predicted octanol–water partition coefficient (Wildman–Crippen LogP) is 5.40. The minimum atomic E-state index is -0.339. The van der Waals surface area contributed by atoms with Crippen LogP contribution in [0, 0.1) is 6.92 Å². The lowest BCUT2D eigenvalue weighted by atomic mass is 9.74. The van der Waals surface area contributed by atoms with Gasteiger partial charge in [-0.05, 0) is 72.0 Å². The van der Waals surface area contributed by atoms with Crippen LogP contribution >= 0.6 is 11.6 Å². The van der Waals surface area contributed by atoms with Gasteiger partial charge in [-0.1, -0.05) is 54.1 Å². The van der Waals surface area contributed by atoms with Crippen LogP contribution in [0.5, 0.6) is 5.75 Å². The Labute approximate surface area is 177 Å². The molecule has 3 N–H and O–H groups in total. The number of hydrogen-bond acceptors (Lipinski definition) is 3. The first kappa shape index (κ1) is 19.4. The van der Waals surface area contributed by atoms with Gasteiger partial charge in [-0.25, -0.2) is 0 Å². The SMILES string of the molecule is CCOc1ccc(C2(c3cccc(-c4cccc(Cl)c4)c3)C=C(N)NC2)cc1C. The van der Waals surface area contributed by atoms with E-state index in [9.17, 15) is 0 Å². The van der Waals surface area contributed by atoms with Crippen LogP contribution in [0.4, 0.5) is 0 Å². The zero-order valence-corrected chi connectivity index (χ0v) is 17.5. The Morgan fingerprint density at radius 2 is 1.72 bits per heavy atom. The van der Waals surface area contributed by atoms with E-state index in [1.165, 1.54) is 11.1 Å². The second-order valence-electron chi connectivity index (χ2n) is 7.43. The normalized spacial score (nSPS) is 18.2. The Morgan fingerprint density at radius 3 is 2.38 bits per heavy atom. The first-order chi connectivity index (χ1) is 14.0. The molecule has 148 valence electrons. The number of nitrogens with two attached hydrogens (primary N) is 1. The van der Waals surface area contributed by atoms with Gasteiger partial charge in [0, 0.05) is 11.6 Å². The molecular weight excluding hydrogens is 380 g/mol. The lowest BCUT2D eigenvalue weighted by Gasteiger charge is -2.29. The third kappa shape index (κ3) is 3.70. The maximum Gasteiger partial charge on any atom is 0.122 e. The zero-order valence-electron chi connectivity index (χ0n) is 16.7. The summed E-state index contributed by atoms with van der Waals surface area (Å²) in [4.78, 5) is 0. The number of hydrogen-bond donors (Lipinski definition) is 2. The lowest BCUT2D eigenvalue weighted by Crippen LogP contribution is -2.31. The second kappa shape index (κ2) is 7.84. The first-order valence-electron chi connectivity index (χ1n) is 9.84. The van der Waals surface area contributed by atoms with E-state index in [-0.39, 0.29) is 5.41 Å². The maximum absolute atomic E-state index is 6.21. The average Bonchev–Trinajstić information content (AvgIpc) is 3.13. The van der Waals surface area contributed by atoms with Gasteiger partial charge in [-0.15, -0.1) is 0 Å². The number of ether oxygens (including phenoxy) is 1. The van der Waals surface area contributed by atoms with Crippen molar-refractivity contribution >= 4 is 11.6 Å². The molecule has 0 saturated carbocycles. The third-order valence-electron chi connectivity index (χ3n) is 5.50. The average molecular weight is 405 g/mol. The summed E-state index contributed by atoms with van der Waals surface area (Å²) >= 11 is 6.21. The van der Waals surface area contributed by atoms with E-state index in [1.54, 1.807) is 0 Å². The molecule has 3 aromatic rings. The molecule has 1 aliphatic heterocycles. The van der Waals surface area contributed by atoms with Crippen molar-refractivity contribution in [2.24, 2.45) is 5.73 Å². The summed E-state index contributed by atoms with van der Waals surface area (Å²) in [5.74, 6) is 1.62. The summed E-state index contributed by atoms with van der Waals surface area (Å²) < 4.78 is 5.73. The monoisotopic (exact) mass is 404 g/mol. The molecule has 4 heteroatoms. The Morgan fingerprint density at radius 1 is 1.00 bits per heavy atom. The predicted molar refractivity (Wildman–Crippen MR) is 120 cm³/mol. The Hall–Kier alpha value is -2.91. The number of rotatable bonds is 5. The number of aryl methyl sites for hydroxylation is 1. The van der Waals surface area contributed by atoms with Crippen molar-refractivity contribution in [3.05, 3.63) is 100 Å². The van der Waals surface area contributed by atoms with Gasteiger partial charge in [-0.2, -0.15) is 0 Å². The smallest absolute Gasteiger partial charge is 0.122 e. The molecule has 1 atom stereocenters. The van der Waals surface area contributed by atoms with Gasteiger partial charge in [0.2, 0.25) is 0 Å². The topological polar surface area (TPSA) is 47.3 Å². The summed E-state index contributed by atoms with van der Waals surface area (Å²) in [6.07, 6.45) is 2.12. The quantitative estimate of drug-likeness (QED) is 0.598. The fourth-order valence-electron chi connectivity index (χ4n) is 4.04. The highest BCUT2D eigenvalue weighted by atomic mass is 35.5. The van der Waals surface area contributed by atoms with Crippen molar-refractivity contribution in [2.75, 3.05) is 13.2 Å². The molecule has 0 fully saturated rings. The van der Waals surface area contributed by atoms with E-state index in [2.05, 4.69) is 66.8 Å². The van der Waals surface area contributed by atoms with E-state index in [0.29, 0.717) is 19.0 Å². The molecule has 0 aliphatic carbocycles. The standard InChI is InChI=1S/C25H25ClN2O/c1-3-29-23-11-10-21(12-17(23)2)25(15-24(27)28-16-25)20-8-4-6-18(13-20)19-7-5-9-22(26)14-19/h4-15,28H,3,16,27H2,1-2H3. The van der Waals surface area contributed by atoms with Gasteiger partial charge in [-0.3, -0.25) is 0 Å². The van der Waals surface area contributed by atoms with Crippen molar-refractivity contribution in [2.45, 2.75) is 19.3 Å². The molecule has 0 radical (unpaired) electrons. The lowest BCUT2D eigenvalue weighted by molar-refractivity contribution is 0.337. The van der Waals surface area contributed by atoms with E-state index in [4.69, 9.17) is 22.1 Å². The molecular formula is C25H25ClN2O. The van der Waals surface area contributed by atoms with Crippen LogP contribution in [-0.4, -0.2) is 13.2 Å².